The minimum Gasteiger partial charge on any atom is -0.341 e. The van der Waals surface area contributed by atoms with Crippen LogP contribution in [0.25, 0.3) is 0 Å². The van der Waals surface area contributed by atoms with Gasteiger partial charge in [0.05, 0.1) is 17.6 Å². The first-order valence-electron chi connectivity index (χ1n) is 10.1. The molecular weight excluding hydrogens is 418 g/mol. The summed E-state index contributed by atoms with van der Waals surface area (Å²) in [6.45, 7) is 0.815. The Hall–Kier alpha value is -2.90. The second-order valence-corrected chi connectivity index (χ2v) is 9.69. The van der Waals surface area contributed by atoms with E-state index >= 15 is 0 Å². The van der Waals surface area contributed by atoms with E-state index < -0.39 is 10.0 Å². The summed E-state index contributed by atoms with van der Waals surface area (Å²) in [6, 6.07) is 9.32. The van der Waals surface area contributed by atoms with Crippen molar-refractivity contribution >= 4 is 33.1 Å². The van der Waals surface area contributed by atoms with Gasteiger partial charge in [0.1, 0.15) is 17.5 Å². The molecule has 166 valence electrons. The Bertz CT molecular complexity index is 1030. The molecule has 1 fully saturated rings. The fourth-order valence-corrected chi connectivity index (χ4v) is 4.96. The van der Waals surface area contributed by atoms with Gasteiger partial charge in [-0.05, 0) is 25.0 Å². The van der Waals surface area contributed by atoms with Gasteiger partial charge in [-0.25, -0.2) is 13.1 Å². The maximum absolute atomic E-state index is 12.8. The summed E-state index contributed by atoms with van der Waals surface area (Å²) < 4.78 is 25.5. The third-order valence-corrected chi connectivity index (χ3v) is 6.34. The van der Waals surface area contributed by atoms with Crippen LogP contribution in [0, 0.1) is 11.3 Å². The molecule has 0 bridgehead atoms. The molecule has 0 aliphatic carbocycles. The van der Waals surface area contributed by atoms with Crippen LogP contribution >= 0.6 is 0 Å². The molecular formula is C21H27N5O4S. The molecule has 1 unspecified atom stereocenters. The van der Waals surface area contributed by atoms with Crippen LogP contribution in [0.1, 0.15) is 25.7 Å². The van der Waals surface area contributed by atoms with Gasteiger partial charge < -0.3 is 14.7 Å². The summed E-state index contributed by atoms with van der Waals surface area (Å²) in [4.78, 5) is 30.7. The van der Waals surface area contributed by atoms with Gasteiger partial charge in [-0.2, -0.15) is 5.26 Å². The molecule has 1 atom stereocenters. The Labute approximate surface area is 183 Å². The van der Waals surface area contributed by atoms with Crippen LogP contribution in [0.15, 0.2) is 35.7 Å². The topological polar surface area (TPSA) is 114 Å². The molecule has 2 aliphatic rings. The number of piperidine rings is 1. The standard InChI is InChI=1S/C21H27N5O4S/c1-24-17-8-4-5-9-18(17)25(2)21(24)16(13-22)19(27)10-11-20(28)26-12-6-7-15(14-26)23-31(3,29)30/h4-5,8-9,15,23H,6-7,10-12,14H2,1-3H3. The maximum Gasteiger partial charge on any atom is 0.223 e. The van der Waals surface area contributed by atoms with Crippen molar-refractivity contribution in [3.8, 4) is 6.07 Å². The van der Waals surface area contributed by atoms with Crippen LogP contribution in [0.5, 0.6) is 0 Å². The molecule has 2 heterocycles. The molecule has 0 spiro atoms. The van der Waals surface area contributed by atoms with Gasteiger partial charge >= 0.3 is 0 Å². The summed E-state index contributed by atoms with van der Waals surface area (Å²) in [6.07, 6.45) is 2.35. The molecule has 1 aromatic rings. The van der Waals surface area contributed by atoms with Gasteiger partial charge in [-0.1, -0.05) is 12.1 Å². The number of ketones is 1. The number of fused-ring (bicyclic) bond motifs is 1. The quantitative estimate of drug-likeness (QED) is 0.517. The maximum atomic E-state index is 12.8. The minimum absolute atomic E-state index is 0.0178. The van der Waals surface area contributed by atoms with Crippen molar-refractivity contribution in [2.24, 2.45) is 0 Å². The lowest BCUT2D eigenvalue weighted by Crippen LogP contribution is -2.49. The molecule has 3 rings (SSSR count). The molecule has 9 nitrogen and oxygen atoms in total. The molecule has 2 aliphatic heterocycles. The molecule has 0 saturated carbocycles. The number of allylic oxidation sites excluding steroid dienone is 1. The summed E-state index contributed by atoms with van der Waals surface area (Å²) in [5.74, 6) is -0.108. The summed E-state index contributed by atoms with van der Waals surface area (Å²) in [5, 5.41) is 9.69. The zero-order valence-corrected chi connectivity index (χ0v) is 18.8. The average molecular weight is 446 g/mol. The lowest BCUT2D eigenvalue weighted by Gasteiger charge is -2.32. The number of benzene rings is 1. The molecule has 1 aromatic carbocycles. The largest absolute Gasteiger partial charge is 0.341 e. The molecule has 0 aromatic heterocycles. The number of carbonyl (C=O) groups excluding carboxylic acids is 2. The van der Waals surface area contributed by atoms with E-state index in [1.54, 1.807) is 28.8 Å². The van der Waals surface area contributed by atoms with Gasteiger partial charge in [0.2, 0.25) is 15.9 Å². The number of hydrogen-bond donors (Lipinski definition) is 1. The number of Topliss-reactive ketones (excluding diaryl/α,β-unsaturated/α-hetero) is 1. The van der Waals surface area contributed by atoms with Crippen LogP contribution in [0.4, 0.5) is 11.4 Å². The first-order valence-corrected chi connectivity index (χ1v) is 12.0. The van der Waals surface area contributed by atoms with Crippen molar-refractivity contribution in [3.05, 3.63) is 35.7 Å². The van der Waals surface area contributed by atoms with E-state index in [0.717, 1.165) is 17.6 Å². The highest BCUT2D eigenvalue weighted by Crippen LogP contribution is 2.40. The van der Waals surface area contributed by atoms with E-state index in [-0.39, 0.29) is 42.7 Å². The van der Waals surface area contributed by atoms with E-state index in [2.05, 4.69) is 4.72 Å². The molecule has 31 heavy (non-hydrogen) atoms. The summed E-state index contributed by atoms with van der Waals surface area (Å²) in [7, 11) is 0.254. The van der Waals surface area contributed by atoms with E-state index in [9.17, 15) is 23.3 Å². The molecule has 10 heteroatoms. The van der Waals surface area contributed by atoms with E-state index in [1.165, 1.54) is 0 Å². The van der Waals surface area contributed by atoms with Gasteiger partial charge in [0, 0.05) is 46.1 Å². The molecule has 1 saturated heterocycles. The number of carbonyl (C=O) groups is 2. The average Bonchev–Trinajstić information content (AvgIpc) is 2.97. The first kappa shape index (κ1) is 22.8. The number of likely N-dealkylation sites (tertiary alicyclic amines) is 1. The fourth-order valence-electron chi connectivity index (χ4n) is 4.16. The number of amides is 1. The summed E-state index contributed by atoms with van der Waals surface area (Å²) >= 11 is 0. The van der Waals surface area contributed by atoms with Crippen LogP contribution in [-0.2, 0) is 19.6 Å². The van der Waals surface area contributed by atoms with E-state index in [1.807, 2.05) is 30.3 Å². The second kappa shape index (κ2) is 9.08. The van der Waals surface area contributed by atoms with Crippen molar-refractivity contribution in [2.75, 3.05) is 43.2 Å². The highest BCUT2D eigenvalue weighted by atomic mass is 32.2. The SMILES string of the molecule is CN1C(=C(C#N)C(=O)CCC(=O)N2CCCC(NS(C)(=O)=O)C2)N(C)c2ccccc21. The number of anilines is 2. The Morgan fingerprint density at radius 2 is 1.77 bits per heavy atom. The third-order valence-electron chi connectivity index (χ3n) is 5.57. The molecule has 1 amide bonds. The predicted octanol–water partition coefficient (Wildman–Crippen LogP) is 1.20. The number of nitrogens with one attached hydrogen (secondary N) is 1. The van der Waals surface area contributed by atoms with E-state index in [0.29, 0.717) is 25.2 Å². The zero-order valence-electron chi connectivity index (χ0n) is 18.0. The number of rotatable bonds is 6. The van der Waals surface area contributed by atoms with Gasteiger partial charge in [0.25, 0.3) is 0 Å². The monoisotopic (exact) mass is 445 g/mol. The van der Waals surface area contributed by atoms with Crippen LogP contribution in [0.3, 0.4) is 0 Å². The van der Waals surface area contributed by atoms with Crippen molar-refractivity contribution in [2.45, 2.75) is 31.7 Å². The van der Waals surface area contributed by atoms with Crippen LogP contribution in [0.2, 0.25) is 0 Å². The number of para-hydroxylation sites is 2. The smallest absolute Gasteiger partial charge is 0.223 e. The van der Waals surface area contributed by atoms with Crippen LogP contribution < -0.4 is 14.5 Å². The molecule has 0 radical (unpaired) electrons. The van der Waals surface area contributed by atoms with Crippen molar-refractivity contribution in [1.82, 2.24) is 9.62 Å². The summed E-state index contributed by atoms with van der Waals surface area (Å²) in [5.41, 5.74) is 1.81. The fraction of sp³-hybridized carbons (Fsp3) is 0.476. The Morgan fingerprint density at radius 1 is 1.16 bits per heavy atom. The second-order valence-electron chi connectivity index (χ2n) is 7.91. The van der Waals surface area contributed by atoms with Crippen molar-refractivity contribution < 1.29 is 18.0 Å². The van der Waals surface area contributed by atoms with E-state index in [4.69, 9.17) is 0 Å². The van der Waals surface area contributed by atoms with Crippen molar-refractivity contribution in [3.63, 3.8) is 0 Å². The number of sulfonamides is 1. The third kappa shape index (κ3) is 5.06. The predicted molar refractivity (Wildman–Crippen MR) is 118 cm³/mol. The van der Waals surface area contributed by atoms with Crippen molar-refractivity contribution in [1.29, 1.82) is 5.26 Å². The molecule has 1 N–H and O–H groups in total. The highest BCUT2D eigenvalue weighted by molar-refractivity contribution is 7.88. The zero-order chi connectivity index (χ0) is 22.8. The normalized spacial score (nSPS) is 18.6. The Morgan fingerprint density at radius 3 is 2.32 bits per heavy atom. The van der Waals surface area contributed by atoms with Gasteiger partial charge in [-0.15, -0.1) is 0 Å². The minimum atomic E-state index is -3.35. The lowest BCUT2D eigenvalue weighted by molar-refractivity contribution is -0.133. The Kier molecular flexibility index (Phi) is 6.67. The number of nitrogens with zero attached hydrogens (tertiary/aromatic N) is 4. The number of hydrogen-bond acceptors (Lipinski definition) is 7. The van der Waals surface area contributed by atoms with Gasteiger partial charge in [-0.3, -0.25) is 9.59 Å². The van der Waals surface area contributed by atoms with Gasteiger partial charge in [0.15, 0.2) is 5.78 Å². The Balaban J connectivity index is 1.67. The first-order chi connectivity index (χ1) is 14.6. The van der Waals surface area contributed by atoms with Crippen LogP contribution in [-0.4, -0.2) is 64.5 Å². The number of nitriles is 1. The highest BCUT2D eigenvalue weighted by Gasteiger charge is 2.32. The lowest BCUT2D eigenvalue weighted by atomic mass is 10.0.